The fourth-order valence-electron chi connectivity index (χ4n) is 7.18. The van der Waals surface area contributed by atoms with Gasteiger partial charge >= 0.3 is 5.66 Å². The van der Waals surface area contributed by atoms with Gasteiger partial charge in [-0.2, -0.15) is 0 Å². The maximum atomic E-state index is 6.67. The molecule has 0 saturated carbocycles. The van der Waals surface area contributed by atoms with E-state index >= 15 is 0 Å². The van der Waals surface area contributed by atoms with Crippen molar-refractivity contribution in [3.8, 4) is 11.5 Å². The van der Waals surface area contributed by atoms with Crippen LogP contribution in [0.15, 0.2) is 91.4 Å². The van der Waals surface area contributed by atoms with Gasteiger partial charge in [0.25, 0.3) is 0 Å². The molecule has 3 aliphatic heterocycles. The molecule has 0 radical (unpaired) electrons. The summed E-state index contributed by atoms with van der Waals surface area (Å²) in [6.07, 6.45) is 6.47. The standard InChI is InChI=1S/C30H15N3O/c1-2-6-18-17(5-1)19-10-12-23-27-25(19)28-20(18)7-3-13-32(28)30(27)26-22(34-23)11-9-16-15-31-21-8-4-14-33(30)29(21)24(16)26/h1-15H/q+2. The molecular formula is C30H15N3O+2. The number of rotatable bonds is 0. The highest BCUT2D eigenvalue weighted by atomic mass is 16.5. The number of pyridine rings is 3. The van der Waals surface area contributed by atoms with Crippen LogP contribution in [-0.4, -0.2) is 4.98 Å². The monoisotopic (exact) mass is 433 g/mol. The topological polar surface area (TPSA) is 29.9 Å². The minimum atomic E-state index is -0.536. The first kappa shape index (κ1) is 16.1. The van der Waals surface area contributed by atoms with Crippen LogP contribution in [0.4, 0.5) is 0 Å². The van der Waals surface area contributed by atoms with Crippen LogP contribution in [0.3, 0.4) is 0 Å². The van der Waals surface area contributed by atoms with Crippen molar-refractivity contribution in [1.82, 2.24) is 4.98 Å². The molecule has 0 N–H and O–H groups in total. The van der Waals surface area contributed by atoms with Crippen molar-refractivity contribution in [2.75, 3.05) is 0 Å². The quantitative estimate of drug-likeness (QED) is 0.235. The Balaban J connectivity index is 1.60. The molecule has 4 aromatic carbocycles. The second-order valence-electron chi connectivity index (χ2n) is 9.59. The number of fused-ring (bicyclic) bond motifs is 3. The Kier molecular flexibility index (Phi) is 2.30. The van der Waals surface area contributed by atoms with Crippen molar-refractivity contribution < 1.29 is 13.9 Å². The van der Waals surface area contributed by atoms with Crippen LogP contribution < -0.4 is 13.9 Å². The summed E-state index contributed by atoms with van der Waals surface area (Å²) in [4.78, 5) is 4.83. The summed E-state index contributed by atoms with van der Waals surface area (Å²) < 4.78 is 11.6. The molecule has 1 unspecified atom stereocenters. The highest BCUT2D eigenvalue weighted by molar-refractivity contribution is 6.25. The van der Waals surface area contributed by atoms with Gasteiger partial charge in [0, 0.05) is 23.7 Å². The maximum Gasteiger partial charge on any atom is 0.425 e. The zero-order valence-corrected chi connectivity index (χ0v) is 17.9. The minimum absolute atomic E-state index is 0.536. The number of hydrogen-bond acceptors (Lipinski definition) is 2. The van der Waals surface area contributed by atoms with Crippen LogP contribution in [0.5, 0.6) is 11.5 Å². The van der Waals surface area contributed by atoms with Crippen LogP contribution in [0.25, 0.3) is 54.3 Å². The minimum Gasteiger partial charge on any atom is -0.456 e. The highest BCUT2D eigenvalue weighted by Gasteiger charge is 2.69. The summed E-state index contributed by atoms with van der Waals surface area (Å²) in [6.45, 7) is 0. The lowest BCUT2D eigenvalue weighted by Gasteiger charge is -2.26. The van der Waals surface area contributed by atoms with Crippen LogP contribution in [0, 0.1) is 0 Å². The second kappa shape index (κ2) is 4.85. The Morgan fingerprint density at radius 3 is 2.21 bits per heavy atom. The van der Waals surface area contributed by atoms with Gasteiger partial charge in [-0.3, -0.25) is 0 Å². The molecule has 3 aromatic heterocycles. The van der Waals surface area contributed by atoms with Crippen LogP contribution in [-0.2, 0) is 5.66 Å². The Morgan fingerprint density at radius 1 is 0.618 bits per heavy atom. The lowest BCUT2D eigenvalue weighted by atomic mass is 9.85. The third-order valence-corrected chi connectivity index (χ3v) is 8.27. The number of benzene rings is 4. The van der Waals surface area contributed by atoms with Crippen LogP contribution in [0.2, 0.25) is 0 Å². The van der Waals surface area contributed by atoms with E-state index in [2.05, 4.69) is 94.3 Å². The lowest BCUT2D eigenvalue weighted by molar-refractivity contribution is -0.945. The second-order valence-corrected chi connectivity index (χ2v) is 9.59. The zero-order chi connectivity index (χ0) is 21.8. The molecule has 0 amide bonds. The van der Waals surface area contributed by atoms with Gasteiger partial charge in [-0.15, -0.1) is 9.13 Å². The van der Waals surface area contributed by atoms with Crippen molar-refractivity contribution in [2.24, 2.45) is 0 Å². The van der Waals surface area contributed by atoms with Crippen molar-refractivity contribution in [3.63, 3.8) is 0 Å². The van der Waals surface area contributed by atoms with Crippen molar-refractivity contribution in [1.29, 1.82) is 0 Å². The molecule has 6 heterocycles. The fourth-order valence-corrected chi connectivity index (χ4v) is 7.18. The van der Waals surface area contributed by atoms with Crippen LogP contribution >= 0.6 is 0 Å². The summed E-state index contributed by atoms with van der Waals surface area (Å²) in [5.41, 5.74) is 5.38. The zero-order valence-electron chi connectivity index (χ0n) is 17.9. The smallest absolute Gasteiger partial charge is 0.425 e. The number of ether oxygens (including phenoxy) is 1. The van der Waals surface area contributed by atoms with Crippen molar-refractivity contribution in [2.45, 2.75) is 5.66 Å². The Labute approximate surface area is 192 Å². The summed E-state index contributed by atoms with van der Waals surface area (Å²) in [5, 5.41) is 8.81. The third-order valence-electron chi connectivity index (χ3n) is 8.27. The van der Waals surface area contributed by atoms with E-state index in [-0.39, 0.29) is 0 Å². The SMILES string of the molecule is c1ccc2c(c1)c1ccc3c4c1c1c2ccc[n+]1C41c2c(ccc4cnc5ccc[n+]1c5c24)O3. The Hall–Kier alpha value is -4.57. The molecule has 4 heteroatoms. The van der Waals surface area contributed by atoms with Gasteiger partial charge in [-0.05, 0) is 52.6 Å². The molecule has 10 rings (SSSR count). The van der Waals surface area contributed by atoms with E-state index < -0.39 is 5.66 Å². The molecule has 4 nitrogen and oxygen atoms in total. The van der Waals surface area contributed by atoms with E-state index in [0.717, 1.165) is 22.4 Å². The van der Waals surface area contributed by atoms with E-state index in [9.17, 15) is 0 Å². The van der Waals surface area contributed by atoms with Gasteiger partial charge in [-0.1, -0.05) is 24.3 Å². The Bertz CT molecular complexity index is 2160. The molecule has 1 spiro atoms. The van der Waals surface area contributed by atoms with E-state index in [1.54, 1.807) is 0 Å². The average Bonchev–Trinajstić information content (AvgIpc) is 3.39. The lowest BCUT2D eigenvalue weighted by Crippen LogP contribution is -2.72. The average molecular weight is 433 g/mol. The molecule has 1 atom stereocenters. The normalized spacial score (nSPS) is 18.4. The Morgan fingerprint density at radius 2 is 1.32 bits per heavy atom. The number of nitrogens with zero attached hydrogens (tertiary/aromatic N) is 3. The van der Waals surface area contributed by atoms with Gasteiger partial charge in [0.05, 0.1) is 16.2 Å². The molecule has 154 valence electrons. The van der Waals surface area contributed by atoms with E-state index in [0.29, 0.717) is 0 Å². The molecule has 0 saturated heterocycles. The van der Waals surface area contributed by atoms with E-state index in [4.69, 9.17) is 9.72 Å². The van der Waals surface area contributed by atoms with Gasteiger partial charge in [0.2, 0.25) is 11.0 Å². The maximum absolute atomic E-state index is 6.67. The van der Waals surface area contributed by atoms with Crippen LogP contribution in [0.1, 0.15) is 11.1 Å². The fraction of sp³-hybridized carbons (Fsp3) is 0.0333. The van der Waals surface area contributed by atoms with E-state index in [1.807, 2.05) is 6.20 Å². The molecule has 0 bridgehead atoms. The van der Waals surface area contributed by atoms with Crippen molar-refractivity contribution in [3.05, 3.63) is 103 Å². The molecule has 3 aliphatic rings. The molecular weight excluding hydrogens is 418 g/mol. The first-order valence-electron chi connectivity index (χ1n) is 11.6. The first-order chi connectivity index (χ1) is 16.9. The molecule has 0 aliphatic carbocycles. The summed E-state index contributed by atoms with van der Waals surface area (Å²) in [7, 11) is 0. The summed E-state index contributed by atoms with van der Waals surface area (Å²) >= 11 is 0. The third kappa shape index (κ3) is 1.39. The van der Waals surface area contributed by atoms with Gasteiger partial charge < -0.3 is 4.74 Å². The number of hydrogen-bond donors (Lipinski definition) is 0. The number of aromatic nitrogens is 3. The molecule has 0 fully saturated rings. The predicted molar refractivity (Wildman–Crippen MR) is 130 cm³/mol. The van der Waals surface area contributed by atoms with Crippen molar-refractivity contribution >= 4 is 54.3 Å². The largest absolute Gasteiger partial charge is 0.456 e. The van der Waals surface area contributed by atoms with Gasteiger partial charge in [0.1, 0.15) is 17.0 Å². The predicted octanol–water partition coefficient (Wildman–Crippen LogP) is 5.45. The highest BCUT2D eigenvalue weighted by Crippen LogP contribution is 2.57. The van der Waals surface area contributed by atoms with Gasteiger partial charge in [-0.25, -0.2) is 4.98 Å². The summed E-state index contributed by atoms with van der Waals surface area (Å²) in [5.74, 6) is 1.86. The first-order valence-corrected chi connectivity index (χ1v) is 11.6. The van der Waals surface area contributed by atoms with E-state index in [1.165, 1.54) is 54.5 Å². The van der Waals surface area contributed by atoms with Gasteiger partial charge in [0.15, 0.2) is 23.5 Å². The summed E-state index contributed by atoms with van der Waals surface area (Å²) in [6, 6.07) is 26.1. The molecule has 34 heavy (non-hydrogen) atoms. The molecule has 7 aromatic rings.